The van der Waals surface area contributed by atoms with Crippen molar-refractivity contribution in [1.82, 2.24) is 9.88 Å². The summed E-state index contributed by atoms with van der Waals surface area (Å²) in [6.45, 7) is 0.327. The molecule has 0 bridgehead atoms. The van der Waals surface area contributed by atoms with Crippen LogP contribution in [-0.2, 0) is 9.59 Å². The summed E-state index contributed by atoms with van der Waals surface area (Å²) in [6.07, 6.45) is 1.05. The summed E-state index contributed by atoms with van der Waals surface area (Å²) in [5, 5.41) is 9.34. The molecule has 1 saturated heterocycles. The first-order chi connectivity index (χ1) is 11.5. The van der Waals surface area contributed by atoms with Crippen LogP contribution in [0.5, 0.6) is 11.6 Å². The lowest BCUT2D eigenvalue weighted by Gasteiger charge is -2.14. The van der Waals surface area contributed by atoms with Gasteiger partial charge in [-0.2, -0.15) is 0 Å². The Balaban J connectivity index is 1.86. The highest BCUT2D eigenvalue weighted by atomic mass is 19.1. The third-order valence-electron chi connectivity index (χ3n) is 3.99. The molecule has 0 unspecified atom stereocenters. The predicted molar refractivity (Wildman–Crippen MR) is 82.2 cm³/mol. The second kappa shape index (κ2) is 6.27. The van der Waals surface area contributed by atoms with Gasteiger partial charge in [0, 0.05) is 25.6 Å². The van der Waals surface area contributed by atoms with Gasteiger partial charge in [-0.1, -0.05) is 12.1 Å². The van der Waals surface area contributed by atoms with Gasteiger partial charge < -0.3 is 14.7 Å². The van der Waals surface area contributed by atoms with Crippen LogP contribution < -0.4 is 4.74 Å². The van der Waals surface area contributed by atoms with Gasteiger partial charge in [-0.25, -0.2) is 9.37 Å². The molecular formula is C17H15FN2O4. The summed E-state index contributed by atoms with van der Waals surface area (Å²) in [5.41, 5.74) is 0.694. The Morgan fingerprint density at radius 1 is 1.38 bits per heavy atom. The fourth-order valence-corrected chi connectivity index (χ4v) is 2.83. The average Bonchev–Trinajstić information content (AvgIpc) is 2.86. The minimum atomic E-state index is -1.14. The molecule has 0 spiro atoms. The lowest BCUT2D eigenvalue weighted by Crippen LogP contribution is -2.28. The van der Waals surface area contributed by atoms with Crippen LogP contribution in [-0.4, -0.2) is 40.5 Å². The second-order valence-corrected chi connectivity index (χ2v) is 5.63. The number of likely N-dealkylation sites (N-methyl/N-ethyl adjacent to an activating group) is 1. The number of hydrogen-bond acceptors (Lipinski definition) is 4. The van der Waals surface area contributed by atoms with E-state index < -0.39 is 29.5 Å². The molecule has 1 aromatic carbocycles. The average molecular weight is 330 g/mol. The first-order valence-corrected chi connectivity index (χ1v) is 7.33. The number of aromatic nitrogens is 1. The molecule has 2 atom stereocenters. The van der Waals surface area contributed by atoms with Gasteiger partial charge in [-0.3, -0.25) is 9.59 Å². The van der Waals surface area contributed by atoms with E-state index in [1.54, 1.807) is 31.3 Å². The maximum atomic E-state index is 12.9. The summed E-state index contributed by atoms with van der Waals surface area (Å²) in [4.78, 5) is 28.7. The van der Waals surface area contributed by atoms with Crippen molar-refractivity contribution in [2.45, 2.75) is 5.92 Å². The van der Waals surface area contributed by atoms with Crippen LogP contribution in [0, 0.1) is 11.7 Å². The van der Waals surface area contributed by atoms with Crippen molar-refractivity contribution in [3.05, 3.63) is 54.0 Å². The topological polar surface area (TPSA) is 79.7 Å². The van der Waals surface area contributed by atoms with Crippen molar-refractivity contribution in [1.29, 1.82) is 0 Å². The Bertz CT molecular complexity index is 778. The zero-order valence-corrected chi connectivity index (χ0v) is 12.8. The number of benzene rings is 1. The lowest BCUT2D eigenvalue weighted by molar-refractivity contribution is -0.147. The molecule has 124 valence electrons. The molecule has 2 heterocycles. The minimum absolute atomic E-state index is 0.225. The molecule has 3 rings (SSSR count). The summed E-state index contributed by atoms with van der Waals surface area (Å²) < 4.78 is 18.4. The number of carboxylic acid groups (broad SMARTS) is 1. The Morgan fingerprint density at radius 3 is 2.83 bits per heavy atom. The van der Waals surface area contributed by atoms with E-state index in [1.165, 1.54) is 17.0 Å². The summed E-state index contributed by atoms with van der Waals surface area (Å²) in [6, 6.07) is 9.48. The van der Waals surface area contributed by atoms with Gasteiger partial charge in [0.05, 0.1) is 6.20 Å². The van der Waals surface area contributed by atoms with E-state index in [2.05, 4.69) is 4.98 Å². The molecule has 24 heavy (non-hydrogen) atoms. The fraction of sp³-hybridized carbons (Fsp3) is 0.235. The molecule has 1 aromatic heterocycles. The number of amides is 1. The Morgan fingerprint density at radius 2 is 2.17 bits per heavy atom. The molecule has 0 saturated carbocycles. The van der Waals surface area contributed by atoms with Crippen LogP contribution in [0.25, 0.3) is 0 Å². The number of carbonyl (C=O) groups excluding carboxylic acids is 1. The Kier molecular flexibility index (Phi) is 4.16. The quantitative estimate of drug-likeness (QED) is 0.870. The van der Waals surface area contributed by atoms with E-state index >= 15 is 0 Å². The first kappa shape index (κ1) is 15.9. The number of aliphatic carboxylic acids is 1. The lowest BCUT2D eigenvalue weighted by atomic mass is 9.88. The van der Waals surface area contributed by atoms with Crippen molar-refractivity contribution >= 4 is 11.9 Å². The maximum Gasteiger partial charge on any atom is 0.316 e. The highest BCUT2D eigenvalue weighted by Crippen LogP contribution is 2.35. The number of carbonyl (C=O) groups is 2. The molecule has 6 nitrogen and oxygen atoms in total. The highest BCUT2D eigenvalue weighted by molar-refractivity contribution is 5.99. The third kappa shape index (κ3) is 3.05. The molecule has 1 amide bonds. The van der Waals surface area contributed by atoms with Crippen molar-refractivity contribution < 1.29 is 23.8 Å². The van der Waals surface area contributed by atoms with Gasteiger partial charge in [-0.05, 0) is 23.8 Å². The van der Waals surface area contributed by atoms with Gasteiger partial charge in [0.2, 0.25) is 11.8 Å². The molecule has 2 aromatic rings. The number of hydrogen-bond donors (Lipinski definition) is 1. The monoisotopic (exact) mass is 330 g/mol. The van der Waals surface area contributed by atoms with Gasteiger partial charge >= 0.3 is 5.97 Å². The normalized spacial score (nSPS) is 20.2. The van der Waals surface area contributed by atoms with Crippen LogP contribution >= 0.6 is 0 Å². The Labute approximate surface area is 137 Å². The first-order valence-electron chi connectivity index (χ1n) is 7.33. The SMILES string of the molecule is CN1C[C@H](c2cccc(Oc3ccc(F)cn3)c2)[C@@H](C(=O)O)C1=O. The standard InChI is InChI=1S/C17H15FN2O4/c1-20-9-13(15(16(20)21)17(22)23)10-3-2-4-12(7-10)24-14-6-5-11(18)8-19-14/h2-8,13,15H,9H2,1H3,(H,22,23)/t13-,15-/m1/s1. The number of halogens is 1. The number of ether oxygens (including phenoxy) is 1. The summed E-state index contributed by atoms with van der Waals surface area (Å²) in [5.74, 6) is -2.90. The van der Waals surface area contributed by atoms with Crippen LogP contribution in [0.4, 0.5) is 4.39 Å². The molecule has 0 radical (unpaired) electrons. The number of rotatable bonds is 4. The van der Waals surface area contributed by atoms with Crippen LogP contribution in [0.3, 0.4) is 0 Å². The molecule has 1 fully saturated rings. The predicted octanol–water partition coefficient (Wildman–Crippen LogP) is 2.27. The largest absolute Gasteiger partial charge is 0.481 e. The van der Waals surface area contributed by atoms with E-state index in [4.69, 9.17) is 4.74 Å². The molecular weight excluding hydrogens is 315 g/mol. The molecule has 7 heteroatoms. The van der Waals surface area contributed by atoms with Crippen molar-refractivity contribution in [3.8, 4) is 11.6 Å². The summed E-state index contributed by atoms with van der Waals surface area (Å²) >= 11 is 0. The van der Waals surface area contributed by atoms with Gasteiger partial charge in [0.15, 0.2) is 0 Å². The zero-order chi connectivity index (χ0) is 17.3. The number of nitrogens with zero attached hydrogens (tertiary/aromatic N) is 2. The van der Waals surface area contributed by atoms with Crippen molar-refractivity contribution in [2.75, 3.05) is 13.6 Å². The minimum Gasteiger partial charge on any atom is -0.481 e. The maximum absolute atomic E-state index is 12.9. The number of carboxylic acids is 1. The third-order valence-corrected chi connectivity index (χ3v) is 3.99. The van der Waals surface area contributed by atoms with Gasteiger partial charge in [-0.15, -0.1) is 0 Å². The van der Waals surface area contributed by atoms with E-state index in [1.807, 2.05) is 0 Å². The van der Waals surface area contributed by atoms with Gasteiger partial charge in [0.25, 0.3) is 0 Å². The van der Waals surface area contributed by atoms with E-state index in [0.717, 1.165) is 6.20 Å². The van der Waals surface area contributed by atoms with Crippen LogP contribution in [0.1, 0.15) is 11.5 Å². The summed E-state index contributed by atoms with van der Waals surface area (Å²) in [7, 11) is 1.58. The van der Waals surface area contributed by atoms with Crippen LogP contribution in [0.2, 0.25) is 0 Å². The number of likely N-dealkylation sites (tertiary alicyclic amines) is 1. The number of pyridine rings is 1. The second-order valence-electron chi connectivity index (χ2n) is 5.63. The van der Waals surface area contributed by atoms with E-state index in [0.29, 0.717) is 17.9 Å². The van der Waals surface area contributed by atoms with Crippen molar-refractivity contribution in [2.24, 2.45) is 5.92 Å². The van der Waals surface area contributed by atoms with Crippen LogP contribution in [0.15, 0.2) is 42.6 Å². The van der Waals surface area contributed by atoms with Crippen molar-refractivity contribution in [3.63, 3.8) is 0 Å². The smallest absolute Gasteiger partial charge is 0.316 e. The Hall–Kier alpha value is -2.96. The highest BCUT2D eigenvalue weighted by Gasteiger charge is 2.44. The van der Waals surface area contributed by atoms with E-state index in [-0.39, 0.29) is 5.88 Å². The van der Waals surface area contributed by atoms with Gasteiger partial charge in [0.1, 0.15) is 17.5 Å². The van der Waals surface area contributed by atoms with E-state index in [9.17, 15) is 19.1 Å². The molecule has 1 aliphatic rings. The zero-order valence-electron chi connectivity index (χ0n) is 12.8. The fourth-order valence-electron chi connectivity index (χ4n) is 2.83. The molecule has 1 N–H and O–H groups in total. The molecule has 0 aliphatic carbocycles. The molecule has 1 aliphatic heterocycles.